The molecule has 1 amide bonds. The van der Waals surface area contributed by atoms with Crippen molar-refractivity contribution in [3.05, 3.63) is 53.1 Å². The third kappa shape index (κ3) is 4.46. The summed E-state index contributed by atoms with van der Waals surface area (Å²) in [6, 6.07) is 13.4. The summed E-state index contributed by atoms with van der Waals surface area (Å²) in [5, 5.41) is 4.08. The van der Waals surface area contributed by atoms with Gasteiger partial charge >= 0.3 is 0 Å². The molecule has 0 aliphatic heterocycles. The lowest BCUT2D eigenvalue weighted by Crippen LogP contribution is -2.23. The number of ether oxygens (including phenoxy) is 1. The van der Waals surface area contributed by atoms with Crippen LogP contribution in [-0.4, -0.2) is 34.4 Å². The fraction of sp³-hybridized carbons (Fsp3) is 0.300. The molecule has 2 aromatic carbocycles. The Labute approximate surface area is 168 Å². The van der Waals surface area contributed by atoms with E-state index in [2.05, 4.69) is 9.88 Å². The minimum atomic E-state index is -0.318. The van der Waals surface area contributed by atoms with Gasteiger partial charge in [0.1, 0.15) is 0 Å². The van der Waals surface area contributed by atoms with Crippen LogP contribution in [0.25, 0.3) is 11.0 Å². The third-order valence-electron chi connectivity index (χ3n) is 4.32. The number of aromatic nitrogens is 2. The zero-order valence-electron chi connectivity index (χ0n) is 15.5. The predicted molar refractivity (Wildman–Crippen MR) is 112 cm³/mol. The number of anilines is 1. The SMILES string of the molecule is COCCn1c(SC(C)C(=O)Nc2cccc(Cl)c2C)nc2ccccc21. The molecule has 0 aliphatic rings. The maximum Gasteiger partial charge on any atom is 0.237 e. The first-order chi connectivity index (χ1) is 13.0. The van der Waals surface area contributed by atoms with E-state index in [1.54, 1.807) is 7.11 Å². The predicted octanol–water partition coefficient (Wildman–Crippen LogP) is 4.76. The first kappa shape index (κ1) is 19.7. The van der Waals surface area contributed by atoms with E-state index in [0.29, 0.717) is 18.2 Å². The number of benzene rings is 2. The van der Waals surface area contributed by atoms with Crippen molar-refractivity contribution in [1.82, 2.24) is 9.55 Å². The summed E-state index contributed by atoms with van der Waals surface area (Å²) in [5.41, 5.74) is 3.54. The van der Waals surface area contributed by atoms with Gasteiger partial charge in [0.05, 0.1) is 22.9 Å². The molecule has 1 N–H and O–H groups in total. The zero-order valence-corrected chi connectivity index (χ0v) is 17.1. The van der Waals surface area contributed by atoms with E-state index in [-0.39, 0.29) is 11.2 Å². The fourth-order valence-electron chi connectivity index (χ4n) is 2.73. The molecule has 1 heterocycles. The Morgan fingerprint density at radius 2 is 2.07 bits per heavy atom. The number of rotatable bonds is 7. The number of halogens is 1. The van der Waals surface area contributed by atoms with Crippen molar-refractivity contribution < 1.29 is 9.53 Å². The van der Waals surface area contributed by atoms with E-state index in [1.165, 1.54) is 11.8 Å². The number of hydrogen-bond donors (Lipinski definition) is 1. The Kier molecular flexibility index (Phi) is 6.42. The summed E-state index contributed by atoms with van der Waals surface area (Å²) in [4.78, 5) is 17.4. The summed E-state index contributed by atoms with van der Waals surface area (Å²) in [6.07, 6.45) is 0. The van der Waals surface area contributed by atoms with Crippen LogP contribution in [0.5, 0.6) is 0 Å². The van der Waals surface area contributed by atoms with Crippen LogP contribution in [0.4, 0.5) is 5.69 Å². The van der Waals surface area contributed by atoms with Gasteiger partial charge in [0, 0.05) is 24.4 Å². The molecule has 0 bridgehead atoms. The van der Waals surface area contributed by atoms with Gasteiger partial charge in [0.2, 0.25) is 5.91 Å². The van der Waals surface area contributed by atoms with E-state index < -0.39 is 0 Å². The molecule has 7 heteroatoms. The average molecular weight is 404 g/mol. The van der Waals surface area contributed by atoms with Crippen molar-refractivity contribution in [3.63, 3.8) is 0 Å². The normalized spacial score (nSPS) is 12.3. The first-order valence-electron chi connectivity index (χ1n) is 8.68. The van der Waals surface area contributed by atoms with Crippen molar-refractivity contribution in [2.75, 3.05) is 19.0 Å². The second-order valence-electron chi connectivity index (χ2n) is 6.19. The number of fused-ring (bicyclic) bond motifs is 1. The molecule has 142 valence electrons. The Balaban J connectivity index is 1.79. The number of nitrogens with one attached hydrogen (secondary N) is 1. The van der Waals surface area contributed by atoms with E-state index in [1.807, 2.05) is 56.3 Å². The van der Waals surface area contributed by atoms with E-state index >= 15 is 0 Å². The molecule has 0 spiro atoms. The number of amides is 1. The van der Waals surface area contributed by atoms with Crippen molar-refractivity contribution in [3.8, 4) is 0 Å². The molecule has 3 rings (SSSR count). The van der Waals surface area contributed by atoms with E-state index in [0.717, 1.165) is 27.4 Å². The highest BCUT2D eigenvalue weighted by Crippen LogP contribution is 2.29. The smallest absolute Gasteiger partial charge is 0.237 e. The fourth-order valence-corrected chi connectivity index (χ4v) is 3.86. The number of thioether (sulfide) groups is 1. The summed E-state index contributed by atoms with van der Waals surface area (Å²) < 4.78 is 7.32. The Morgan fingerprint density at radius 1 is 1.30 bits per heavy atom. The minimum absolute atomic E-state index is 0.0873. The molecule has 1 atom stereocenters. The van der Waals surface area contributed by atoms with E-state index in [9.17, 15) is 4.79 Å². The highest BCUT2D eigenvalue weighted by atomic mass is 35.5. The van der Waals surface area contributed by atoms with Crippen molar-refractivity contribution in [2.45, 2.75) is 30.8 Å². The largest absolute Gasteiger partial charge is 0.383 e. The summed E-state index contributed by atoms with van der Waals surface area (Å²) in [7, 11) is 1.68. The first-order valence-corrected chi connectivity index (χ1v) is 9.94. The van der Waals surface area contributed by atoms with Gasteiger partial charge in [0.25, 0.3) is 0 Å². The molecule has 0 saturated carbocycles. The molecule has 0 aliphatic carbocycles. The van der Waals surface area contributed by atoms with Gasteiger partial charge in [-0.15, -0.1) is 0 Å². The molecule has 27 heavy (non-hydrogen) atoms. The van der Waals surface area contributed by atoms with Gasteiger partial charge in [-0.2, -0.15) is 0 Å². The van der Waals surface area contributed by atoms with Crippen molar-refractivity contribution >= 4 is 46.0 Å². The van der Waals surface area contributed by atoms with Gasteiger partial charge < -0.3 is 14.6 Å². The topological polar surface area (TPSA) is 56.1 Å². The maximum absolute atomic E-state index is 12.7. The van der Waals surface area contributed by atoms with Gasteiger partial charge in [-0.05, 0) is 43.7 Å². The van der Waals surface area contributed by atoms with Crippen molar-refractivity contribution in [1.29, 1.82) is 0 Å². The van der Waals surface area contributed by atoms with Crippen LogP contribution in [0.1, 0.15) is 12.5 Å². The molecule has 1 unspecified atom stereocenters. The number of carbonyl (C=O) groups is 1. The number of carbonyl (C=O) groups excluding carboxylic acids is 1. The monoisotopic (exact) mass is 403 g/mol. The zero-order chi connectivity index (χ0) is 19.4. The Hall–Kier alpha value is -2.02. The third-order valence-corrected chi connectivity index (χ3v) is 5.82. The number of imidazole rings is 1. The summed E-state index contributed by atoms with van der Waals surface area (Å²) in [5.74, 6) is -0.0873. The molecule has 0 saturated heterocycles. The summed E-state index contributed by atoms with van der Waals surface area (Å²) >= 11 is 7.57. The standard InChI is InChI=1S/C20H22ClN3O2S/c1-13-15(21)7-6-9-16(13)22-19(25)14(2)27-20-23-17-8-4-5-10-18(17)24(20)11-12-26-3/h4-10,14H,11-12H2,1-3H3,(H,22,25). The van der Waals surface area contributed by atoms with Gasteiger partial charge in [-0.3, -0.25) is 4.79 Å². The number of hydrogen-bond acceptors (Lipinski definition) is 4. The quantitative estimate of drug-likeness (QED) is 0.577. The average Bonchev–Trinajstić information content (AvgIpc) is 3.00. The van der Waals surface area contributed by atoms with Gasteiger partial charge in [-0.25, -0.2) is 4.98 Å². The molecule has 1 aromatic heterocycles. The highest BCUT2D eigenvalue weighted by Gasteiger charge is 2.20. The van der Waals surface area contributed by atoms with Crippen LogP contribution in [0.2, 0.25) is 5.02 Å². The van der Waals surface area contributed by atoms with Crippen LogP contribution in [-0.2, 0) is 16.1 Å². The molecule has 3 aromatic rings. The van der Waals surface area contributed by atoms with Crippen LogP contribution in [0.15, 0.2) is 47.6 Å². The second-order valence-corrected chi connectivity index (χ2v) is 7.90. The Bertz CT molecular complexity index is 958. The van der Waals surface area contributed by atoms with Crippen LogP contribution in [0.3, 0.4) is 0 Å². The molecule has 5 nitrogen and oxygen atoms in total. The molecular weight excluding hydrogens is 382 g/mol. The van der Waals surface area contributed by atoms with Crippen LogP contribution < -0.4 is 5.32 Å². The van der Waals surface area contributed by atoms with E-state index in [4.69, 9.17) is 21.3 Å². The maximum atomic E-state index is 12.7. The highest BCUT2D eigenvalue weighted by molar-refractivity contribution is 8.00. The Morgan fingerprint density at radius 3 is 2.85 bits per heavy atom. The lowest BCUT2D eigenvalue weighted by molar-refractivity contribution is -0.115. The lowest BCUT2D eigenvalue weighted by Gasteiger charge is -2.15. The van der Waals surface area contributed by atoms with Crippen molar-refractivity contribution in [2.24, 2.45) is 0 Å². The number of methoxy groups -OCH3 is 1. The van der Waals surface area contributed by atoms with Gasteiger partial charge in [-0.1, -0.05) is 41.6 Å². The number of para-hydroxylation sites is 2. The second kappa shape index (κ2) is 8.78. The number of nitrogens with zero attached hydrogens (tertiary/aromatic N) is 2. The molecular formula is C20H22ClN3O2S. The minimum Gasteiger partial charge on any atom is -0.383 e. The molecule has 0 fully saturated rings. The lowest BCUT2D eigenvalue weighted by atomic mass is 10.2. The molecule has 0 radical (unpaired) electrons. The summed E-state index contributed by atoms with van der Waals surface area (Å²) in [6.45, 7) is 5.02. The van der Waals surface area contributed by atoms with Gasteiger partial charge in [0.15, 0.2) is 5.16 Å². The van der Waals surface area contributed by atoms with Crippen LogP contribution >= 0.6 is 23.4 Å². The van der Waals surface area contributed by atoms with Crippen LogP contribution in [0, 0.1) is 6.92 Å².